The number of halogens is 2. The van der Waals surface area contributed by atoms with Crippen LogP contribution in [0.5, 0.6) is 0 Å². The second-order valence-corrected chi connectivity index (χ2v) is 9.25. The van der Waals surface area contributed by atoms with Crippen molar-refractivity contribution in [3.05, 3.63) is 75.9 Å². The standard InChI is InChI=1S/C20H25N3O.C6H4Cl2/c1-4-23(5-2)20(24)14-9-16-15-7-6-8-17-19(15)13(11-21-17)10-18(16)22(3)12-14;7-5-1-2-6(8)4-3-5/h6-9,11,14,18,21H,4-5,10,12H2,1-3H3;1-4H/t14-,18-;/m1./s1. The van der Waals surface area contributed by atoms with E-state index >= 15 is 0 Å². The predicted octanol–water partition coefficient (Wildman–Crippen LogP) is 5.90. The van der Waals surface area contributed by atoms with Gasteiger partial charge in [-0.05, 0) is 74.3 Å². The summed E-state index contributed by atoms with van der Waals surface area (Å²) in [6, 6.07) is 13.8. The molecule has 6 heteroatoms. The first-order chi connectivity index (χ1) is 15.4. The number of H-pyrrole nitrogens is 1. The van der Waals surface area contributed by atoms with Crippen LogP contribution in [0.4, 0.5) is 0 Å². The maximum atomic E-state index is 12.9. The Morgan fingerprint density at radius 3 is 2.38 bits per heavy atom. The van der Waals surface area contributed by atoms with Crippen LogP contribution in [0.1, 0.15) is 25.0 Å². The van der Waals surface area contributed by atoms with Gasteiger partial charge in [0.15, 0.2) is 0 Å². The fourth-order valence-corrected chi connectivity index (χ4v) is 5.06. The average Bonchev–Trinajstić information content (AvgIpc) is 3.22. The molecule has 1 N–H and O–H groups in total. The third-order valence-corrected chi connectivity index (χ3v) is 6.97. The molecule has 32 heavy (non-hydrogen) atoms. The van der Waals surface area contributed by atoms with Crippen molar-refractivity contribution in [2.75, 3.05) is 26.7 Å². The summed E-state index contributed by atoms with van der Waals surface area (Å²) < 4.78 is 0. The molecule has 1 aliphatic heterocycles. The van der Waals surface area contributed by atoms with Crippen molar-refractivity contribution >= 4 is 45.6 Å². The SMILES string of the molecule is CCN(CC)C(=O)[C@@H]1C=C2c3cccc4[nH]cc(c34)C[C@H]2N(C)C1.Clc1ccc(Cl)cc1. The van der Waals surface area contributed by atoms with Crippen molar-refractivity contribution in [2.45, 2.75) is 26.3 Å². The van der Waals surface area contributed by atoms with Gasteiger partial charge in [0, 0.05) is 52.8 Å². The predicted molar refractivity (Wildman–Crippen MR) is 134 cm³/mol. The van der Waals surface area contributed by atoms with Gasteiger partial charge in [0.2, 0.25) is 5.91 Å². The lowest BCUT2D eigenvalue weighted by Gasteiger charge is -2.40. The van der Waals surface area contributed by atoms with Crippen molar-refractivity contribution in [1.82, 2.24) is 14.8 Å². The van der Waals surface area contributed by atoms with Crippen molar-refractivity contribution in [3.8, 4) is 0 Å². The summed E-state index contributed by atoms with van der Waals surface area (Å²) in [7, 11) is 2.15. The van der Waals surface area contributed by atoms with E-state index in [-0.39, 0.29) is 11.8 Å². The van der Waals surface area contributed by atoms with E-state index in [0.717, 1.165) is 36.1 Å². The maximum absolute atomic E-state index is 12.9. The Morgan fingerprint density at radius 2 is 1.75 bits per heavy atom. The summed E-state index contributed by atoms with van der Waals surface area (Å²) in [5.74, 6) is 0.210. The van der Waals surface area contributed by atoms with Crippen LogP contribution in [0.25, 0.3) is 16.5 Å². The van der Waals surface area contributed by atoms with Crippen LogP contribution in [0.3, 0.4) is 0 Å². The Balaban J connectivity index is 0.000000260. The molecule has 1 aromatic heterocycles. The Morgan fingerprint density at radius 1 is 1.09 bits per heavy atom. The maximum Gasteiger partial charge on any atom is 0.230 e. The van der Waals surface area contributed by atoms with Gasteiger partial charge in [0.25, 0.3) is 0 Å². The number of likely N-dealkylation sites (N-methyl/N-ethyl adjacent to an activating group) is 1. The molecule has 0 saturated carbocycles. The Kier molecular flexibility index (Phi) is 6.94. The minimum atomic E-state index is -0.0445. The van der Waals surface area contributed by atoms with Gasteiger partial charge in [-0.15, -0.1) is 0 Å². The fourth-order valence-electron chi connectivity index (χ4n) is 4.80. The molecular formula is C26H29Cl2N3O. The minimum absolute atomic E-state index is 0.0445. The highest BCUT2D eigenvalue weighted by atomic mass is 35.5. The number of carbonyl (C=O) groups excluding carboxylic acids is 1. The Labute approximate surface area is 199 Å². The molecule has 4 nitrogen and oxygen atoms in total. The van der Waals surface area contributed by atoms with Crippen molar-refractivity contribution < 1.29 is 4.79 Å². The fraction of sp³-hybridized carbons (Fsp3) is 0.346. The monoisotopic (exact) mass is 469 g/mol. The molecule has 2 aromatic carbocycles. The van der Waals surface area contributed by atoms with Gasteiger partial charge >= 0.3 is 0 Å². The van der Waals surface area contributed by atoms with Gasteiger partial charge in [-0.2, -0.15) is 0 Å². The number of rotatable bonds is 3. The highest BCUT2D eigenvalue weighted by Gasteiger charge is 2.36. The number of nitrogens with one attached hydrogen (secondary N) is 1. The van der Waals surface area contributed by atoms with E-state index in [9.17, 15) is 4.79 Å². The van der Waals surface area contributed by atoms with E-state index < -0.39 is 0 Å². The van der Waals surface area contributed by atoms with Gasteiger partial charge in [-0.3, -0.25) is 9.69 Å². The molecule has 1 amide bonds. The zero-order chi connectivity index (χ0) is 22.8. The zero-order valence-corrected chi connectivity index (χ0v) is 20.2. The normalized spacial score (nSPS) is 19.6. The molecule has 0 spiro atoms. The molecule has 0 unspecified atom stereocenters. The molecular weight excluding hydrogens is 441 g/mol. The molecule has 1 aliphatic carbocycles. The highest BCUT2D eigenvalue weighted by Crippen LogP contribution is 2.40. The summed E-state index contributed by atoms with van der Waals surface area (Å²) in [5, 5.41) is 2.77. The van der Waals surface area contributed by atoms with Crippen LogP contribution >= 0.6 is 23.2 Å². The minimum Gasteiger partial charge on any atom is -0.361 e. The Bertz CT molecular complexity index is 1110. The molecule has 2 heterocycles. The van der Waals surface area contributed by atoms with Crippen LogP contribution in [-0.4, -0.2) is 53.4 Å². The number of aromatic amines is 1. The number of amides is 1. The van der Waals surface area contributed by atoms with Crippen LogP contribution in [0.15, 0.2) is 54.7 Å². The van der Waals surface area contributed by atoms with Gasteiger partial charge < -0.3 is 9.88 Å². The molecule has 5 rings (SSSR count). The average molecular weight is 470 g/mol. The van der Waals surface area contributed by atoms with Crippen molar-refractivity contribution in [2.24, 2.45) is 5.92 Å². The summed E-state index contributed by atoms with van der Waals surface area (Å²) in [4.78, 5) is 20.6. The van der Waals surface area contributed by atoms with Crippen LogP contribution < -0.4 is 0 Å². The first kappa shape index (κ1) is 22.9. The topological polar surface area (TPSA) is 39.3 Å². The lowest BCUT2D eigenvalue weighted by molar-refractivity contribution is -0.134. The summed E-state index contributed by atoms with van der Waals surface area (Å²) in [6.45, 7) is 6.47. The number of fused-ring (bicyclic) bond motifs is 2. The third-order valence-electron chi connectivity index (χ3n) is 6.46. The number of nitrogens with zero attached hydrogens (tertiary/aromatic N) is 2. The van der Waals surface area contributed by atoms with E-state index in [2.05, 4.69) is 61.3 Å². The molecule has 0 saturated heterocycles. The lowest BCUT2D eigenvalue weighted by atomic mass is 9.79. The molecule has 3 aromatic rings. The van der Waals surface area contributed by atoms with E-state index in [1.165, 1.54) is 27.6 Å². The smallest absolute Gasteiger partial charge is 0.230 e. The number of aromatic nitrogens is 1. The van der Waals surface area contributed by atoms with Gasteiger partial charge in [-0.25, -0.2) is 0 Å². The van der Waals surface area contributed by atoms with E-state index in [4.69, 9.17) is 23.2 Å². The molecule has 2 atom stereocenters. The molecule has 168 valence electrons. The zero-order valence-electron chi connectivity index (χ0n) is 18.7. The number of hydrogen-bond acceptors (Lipinski definition) is 2. The first-order valence-corrected chi connectivity index (χ1v) is 11.9. The summed E-state index contributed by atoms with van der Waals surface area (Å²) in [6.07, 6.45) is 5.41. The van der Waals surface area contributed by atoms with Gasteiger partial charge in [0.05, 0.1) is 5.92 Å². The second-order valence-electron chi connectivity index (χ2n) is 8.38. The van der Waals surface area contributed by atoms with Gasteiger partial charge in [0.1, 0.15) is 0 Å². The number of carbonyl (C=O) groups is 1. The van der Waals surface area contributed by atoms with E-state index in [1.54, 1.807) is 24.3 Å². The van der Waals surface area contributed by atoms with Crippen molar-refractivity contribution in [3.63, 3.8) is 0 Å². The summed E-state index contributed by atoms with van der Waals surface area (Å²) >= 11 is 11.1. The third kappa shape index (κ3) is 4.45. The lowest BCUT2D eigenvalue weighted by Crippen LogP contribution is -2.47. The van der Waals surface area contributed by atoms with E-state index in [1.807, 2.05) is 4.90 Å². The molecule has 0 fully saturated rings. The quantitative estimate of drug-likeness (QED) is 0.518. The largest absolute Gasteiger partial charge is 0.361 e. The highest BCUT2D eigenvalue weighted by molar-refractivity contribution is 6.32. The Hall–Kier alpha value is -2.27. The second kappa shape index (κ2) is 9.70. The summed E-state index contributed by atoms with van der Waals surface area (Å²) in [5.41, 5.74) is 5.21. The van der Waals surface area contributed by atoms with Crippen LogP contribution in [-0.2, 0) is 11.2 Å². The number of hydrogen-bond donors (Lipinski definition) is 1. The van der Waals surface area contributed by atoms with Gasteiger partial charge in [-0.1, -0.05) is 41.4 Å². The van der Waals surface area contributed by atoms with Crippen LogP contribution in [0, 0.1) is 5.92 Å². The van der Waals surface area contributed by atoms with E-state index in [0.29, 0.717) is 6.04 Å². The van der Waals surface area contributed by atoms with Crippen LogP contribution in [0.2, 0.25) is 10.0 Å². The molecule has 0 bridgehead atoms. The molecule has 2 aliphatic rings. The van der Waals surface area contributed by atoms with Crippen molar-refractivity contribution in [1.29, 1.82) is 0 Å². The number of benzene rings is 2. The molecule has 0 radical (unpaired) electrons. The first-order valence-electron chi connectivity index (χ1n) is 11.1.